The fourth-order valence-electron chi connectivity index (χ4n) is 4.25. The summed E-state index contributed by atoms with van der Waals surface area (Å²) < 4.78 is 11.8. The van der Waals surface area contributed by atoms with Gasteiger partial charge in [-0.05, 0) is 103 Å². The summed E-state index contributed by atoms with van der Waals surface area (Å²) in [5, 5.41) is 6.61. The van der Waals surface area contributed by atoms with Gasteiger partial charge in [-0.2, -0.15) is 0 Å². The van der Waals surface area contributed by atoms with Crippen LogP contribution in [0.15, 0.2) is 30.3 Å². The molecule has 1 aromatic rings. The largest absolute Gasteiger partial charge is 0.347 e. The van der Waals surface area contributed by atoms with Gasteiger partial charge in [0, 0.05) is 19.4 Å². The van der Waals surface area contributed by atoms with Crippen molar-refractivity contribution in [3.63, 3.8) is 0 Å². The summed E-state index contributed by atoms with van der Waals surface area (Å²) in [7, 11) is 0. The summed E-state index contributed by atoms with van der Waals surface area (Å²) in [5.41, 5.74) is 17.5. The molecule has 204 valence electrons. The Kier molecular flexibility index (Phi) is 20.2. The van der Waals surface area contributed by atoms with E-state index in [0.29, 0.717) is 6.10 Å². The molecular formula is C28H55N5O2. The van der Waals surface area contributed by atoms with Crippen molar-refractivity contribution in [3.05, 3.63) is 35.9 Å². The normalized spacial score (nSPS) is 18.1. The van der Waals surface area contributed by atoms with Gasteiger partial charge in [-0.1, -0.05) is 37.3 Å². The molecule has 0 bridgehead atoms. The first-order valence-electron chi connectivity index (χ1n) is 14.1. The zero-order valence-corrected chi connectivity index (χ0v) is 22.4. The fraction of sp³-hybridized carbons (Fsp3) is 0.786. The first kappa shape index (κ1) is 32.0. The molecule has 35 heavy (non-hydrogen) atoms. The van der Waals surface area contributed by atoms with Crippen LogP contribution in [0, 0.1) is 0 Å². The van der Waals surface area contributed by atoms with Crippen molar-refractivity contribution < 1.29 is 9.47 Å². The van der Waals surface area contributed by atoms with Crippen LogP contribution < -0.4 is 27.8 Å². The summed E-state index contributed by atoms with van der Waals surface area (Å²) in [5.74, 6) is -0.173. The molecule has 1 aromatic carbocycles. The maximum Gasteiger partial charge on any atom is 0.168 e. The van der Waals surface area contributed by atoms with E-state index >= 15 is 0 Å². The van der Waals surface area contributed by atoms with Crippen molar-refractivity contribution in [2.24, 2.45) is 17.2 Å². The Labute approximate surface area is 215 Å². The van der Waals surface area contributed by atoms with Gasteiger partial charge in [-0.15, -0.1) is 0 Å². The molecule has 1 aliphatic carbocycles. The van der Waals surface area contributed by atoms with Crippen LogP contribution in [-0.2, 0) is 16.0 Å². The first-order valence-corrected chi connectivity index (χ1v) is 14.1. The van der Waals surface area contributed by atoms with E-state index in [0.717, 1.165) is 90.9 Å². The summed E-state index contributed by atoms with van der Waals surface area (Å²) in [6, 6.07) is 10.4. The van der Waals surface area contributed by atoms with E-state index in [9.17, 15) is 0 Å². The zero-order valence-electron chi connectivity index (χ0n) is 22.4. The van der Waals surface area contributed by atoms with Gasteiger partial charge >= 0.3 is 0 Å². The third kappa shape index (κ3) is 16.3. The first-order chi connectivity index (χ1) is 17.2. The molecule has 8 N–H and O–H groups in total. The summed E-state index contributed by atoms with van der Waals surface area (Å²) in [6.45, 7) is 9.54. The lowest BCUT2D eigenvalue weighted by Gasteiger charge is -2.21. The highest BCUT2D eigenvalue weighted by Gasteiger charge is 2.43. The topological polar surface area (TPSA) is 121 Å². The van der Waals surface area contributed by atoms with Gasteiger partial charge in [0.15, 0.2) is 5.79 Å². The molecular weight excluding hydrogens is 438 g/mol. The molecule has 1 unspecified atom stereocenters. The number of benzene rings is 1. The minimum atomic E-state index is -0.173. The van der Waals surface area contributed by atoms with Crippen molar-refractivity contribution >= 4 is 0 Å². The maximum absolute atomic E-state index is 5.99. The second kappa shape index (κ2) is 22.2. The number of unbranched alkanes of at least 4 members (excludes halogenated alkanes) is 3. The molecule has 0 amide bonds. The van der Waals surface area contributed by atoms with Crippen LogP contribution in [0.5, 0.6) is 0 Å². The van der Waals surface area contributed by atoms with Crippen LogP contribution in [-0.4, -0.2) is 57.8 Å². The molecule has 1 aliphatic heterocycles. The molecule has 1 heterocycles. The molecule has 1 atom stereocenters. The fourth-order valence-corrected chi connectivity index (χ4v) is 4.25. The van der Waals surface area contributed by atoms with Crippen molar-refractivity contribution in [2.75, 3.05) is 45.9 Å². The van der Waals surface area contributed by atoms with Crippen molar-refractivity contribution in [3.8, 4) is 0 Å². The average Bonchev–Trinajstić information content (AvgIpc) is 3.52. The smallest absolute Gasteiger partial charge is 0.168 e. The second-order valence-corrected chi connectivity index (χ2v) is 9.46. The van der Waals surface area contributed by atoms with Crippen molar-refractivity contribution in [1.29, 1.82) is 0 Å². The number of ether oxygens (including phenoxy) is 2. The van der Waals surface area contributed by atoms with E-state index in [-0.39, 0.29) is 5.79 Å². The average molecular weight is 494 g/mol. The molecule has 7 nitrogen and oxygen atoms in total. The molecule has 7 heteroatoms. The highest BCUT2D eigenvalue weighted by molar-refractivity contribution is 5.14. The third-order valence-electron chi connectivity index (χ3n) is 6.30. The Morgan fingerprint density at radius 1 is 0.829 bits per heavy atom. The van der Waals surface area contributed by atoms with Gasteiger partial charge < -0.3 is 37.3 Å². The van der Waals surface area contributed by atoms with Gasteiger partial charge in [-0.25, -0.2) is 0 Å². The highest BCUT2D eigenvalue weighted by atomic mass is 16.7. The van der Waals surface area contributed by atoms with Crippen LogP contribution in [0.1, 0.15) is 83.1 Å². The highest BCUT2D eigenvalue weighted by Crippen LogP contribution is 2.40. The summed E-state index contributed by atoms with van der Waals surface area (Å²) >= 11 is 0. The van der Waals surface area contributed by atoms with Gasteiger partial charge in [0.1, 0.15) is 0 Å². The van der Waals surface area contributed by atoms with E-state index < -0.39 is 0 Å². The third-order valence-corrected chi connectivity index (χ3v) is 6.30. The molecule has 0 aromatic heterocycles. The number of hydrogen-bond donors (Lipinski definition) is 5. The Morgan fingerprint density at radius 2 is 1.43 bits per heavy atom. The number of nitrogens with one attached hydrogen (secondary N) is 2. The van der Waals surface area contributed by atoms with Crippen LogP contribution in [0.25, 0.3) is 0 Å². The standard InChI is InChI=1S/C11H18N2.C11H21NO2.C6H16N2/c12-8-4-5-9-13-10-11-6-2-1-3-7-11;12-8-4-1-5-10-9-13-11(14-10)6-2-3-7-11;1-2-8-6-4-3-5-7/h1-3,6-7,13H,4-5,8-10,12H2;10H,1-9,12H2;8H,2-7H2,1H3. The maximum atomic E-state index is 5.99. The molecule has 2 aliphatic rings. The van der Waals surface area contributed by atoms with Gasteiger partial charge in [0.25, 0.3) is 0 Å². The molecule has 1 spiro atoms. The monoisotopic (exact) mass is 493 g/mol. The van der Waals surface area contributed by atoms with E-state index in [4.69, 9.17) is 26.7 Å². The minimum Gasteiger partial charge on any atom is -0.347 e. The Balaban J connectivity index is 0.000000274. The van der Waals surface area contributed by atoms with Crippen molar-refractivity contribution in [1.82, 2.24) is 10.6 Å². The van der Waals surface area contributed by atoms with Crippen LogP contribution >= 0.6 is 0 Å². The van der Waals surface area contributed by atoms with E-state index in [1.54, 1.807) is 0 Å². The lowest BCUT2D eigenvalue weighted by molar-refractivity contribution is -0.162. The Hall–Kier alpha value is -1.06. The number of hydrogen-bond acceptors (Lipinski definition) is 7. The zero-order chi connectivity index (χ0) is 25.5. The molecule has 1 saturated heterocycles. The van der Waals surface area contributed by atoms with Crippen LogP contribution in [0.4, 0.5) is 0 Å². The summed E-state index contributed by atoms with van der Waals surface area (Å²) in [4.78, 5) is 0. The number of nitrogens with two attached hydrogens (primary N) is 3. The van der Waals surface area contributed by atoms with Crippen molar-refractivity contribution in [2.45, 2.75) is 96.0 Å². The SMILES string of the molecule is CCNCCCCN.NCCCCC1COC2(CCCC2)O1.NCCCCNCc1ccccc1. The van der Waals surface area contributed by atoms with Crippen LogP contribution in [0.2, 0.25) is 0 Å². The molecule has 1 saturated carbocycles. The summed E-state index contributed by atoms with van der Waals surface area (Å²) in [6.07, 6.45) is 13.1. The van der Waals surface area contributed by atoms with E-state index in [1.165, 1.54) is 37.7 Å². The van der Waals surface area contributed by atoms with E-state index in [1.807, 2.05) is 6.07 Å². The number of rotatable bonds is 15. The lowest BCUT2D eigenvalue weighted by atomic mass is 10.1. The van der Waals surface area contributed by atoms with Gasteiger partial charge in [0.05, 0.1) is 12.7 Å². The Morgan fingerprint density at radius 3 is 2.03 bits per heavy atom. The van der Waals surface area contributed by atoms with E-state index in [2.05, 4.69) is 41.8 Å². The van der Waals surface area contributed by atoms with Gasteiger partial charge in [-0.3, -0.25) is 0 Å². The quantitative estimate of drug-likeness (QED) is 0.237. The van der Waals surface area contributed by atoms with Crippen LogP contribution in [0.3, 0.4) is 0 Å². The lowest BCUT2D eigenvalue weighted by Crippen LogP contribution is -2.26. The van der Waals surface area contributed by atoms with Gasteiger partial charge in [0.2, 0.25) is 0 Å². The predicted octanol–water partition coefficient (Wildman–Crippen LogP) is 3.65. The minimum absolute atomic E-state index is 0.173. The predicted molar refractivity (Wildman–Crippen MR) is 148 cm³/mol. The molecule has 3 rings (SSSR count). The second-order valence-electron chi connectivity index (χ2n) is 9.46. The Bertz CT molecular complexity index is 564. The molecule has 2 fully saturated rings. The molecule has 0 radical (unpaired) electrons.